The molecule has 3 aliphatic heterocycles. The lowest BCUT2D eigenvalue weighted by atomic mass is 9.99. The monoisotopic (exact) mass is 860 g/mol. The Morgan fingerprint density at radius 3 is 1.46 bits per heavy atom. The van der Waals surface area contributed by atoms with Crippen LogP contribution in [0.25, 0.3) is 0 Å². The number of carbonyl (C=O) groups excluding carboxylic acids is 10. The molecule has 0 bridgehead atoms. The molecule has 0 aromatic carbocycles. The third kappa shape index (κ3) is 11.7. The number of fused-ring (bicyclic) bond motifs is 2. The van der Waals surface area contributed by atoms with Gasteiger partial charge in [-0.05, 0) is 57.3 Å². The summed E-state index contributed by atoms with van der Waals surface area (Å²) in [4.78, 5) is 141. The SMILES string of the molecule is CC(C)[C@H]1C(=O)NC[C@@H](N)C(=O)N2CCCC[C@H]2C(=O)NCC(=O)N(C)CC(=O)N(C)C2(CC2)C(=O)NC[C@@H](N)C(=O)N2CCCC[C@H]2C(=O)NCC(=O)N(C)CC(=O)N1C. The topological polar surface area (TPSA) is 290 Å². The number of nitrogens with two attached hydrogens (primary N) is 2. The van der Waals surface area contributed by atoms with E-state index >= 15 is 0 Å². The van der Waals surface area contributed by atoms with Gasteiger partial charge in [-0.3, -0.25) is 47.9 Å². The smallest absolute Gasteiger partial charge is 0.246 e. The predicted molar refractivity (Wildman–Crippen MR) is 218 cm³/mol. The first-order valence-electron chi connectivity index (χ1n) is 21.0. The molecule has 340 valence electrons. The van der Waals surface area contributed by atoms with E-state index in [1.807, 2.05) is 0 Å². The van der Waals surface area contributed by atoms with Gasteiger partial charge in [0.15, 0.2) is 0 Å². The fourth-order valence-electron chi connectivity index (χ4n) is 8.00. The largest absolute Gasteiger partial charge is 0.352 e. The van der Waals surface area contributed by atoms with Gasteiger partial charge in [-0.15, -0.1) is 0 Å². The molecule has 1 aliphatic carbocycles. The van der Waals surface area contributed by atoms with Gasteiger partial charge in [0.05, 0.1) is 26.2 Å². The molecular weight excluding hydrogens is 797 g/mol. The summed E-state index contributed by atoms with van der Waals surface area (Å²) in [5.41, 5.74) is 11.3. The Bertz CT molecular complexity index is 1720. The number of nitrogens with zero attached hydrogens (tertiary/aromatic N) is 6. The van der Waals surface area contributed by atoms with Gasteiger partial charge >= 0.3 is 0 Å². The zero-order chi connectivity index (χ0) is 45.3. The number of amides is 10. The molecule has 10 amide bonds. The van der Waals surface area contributed by atoms with Crippen LogP contribution in [-0.2, 0) is 47.9 Å². The lowest BCUT2D eigenvalue weighted by Gasteiger charge is -2.36. The van der Waals surface area contributed by atoms with Crippen LogP contribution < -0.4 is 32.7 Å². The summed E-state index contributed by atoms with van der Waals surface area (Å²) >= 11 is 0. The summed E-state index contributed by atoms with van der Waals surface area (Å²) in [6.45, 7) is 1.49. The summed E-state index contributed by atoms with van der Waals surface area (Å²) in [7, 11) is 5.60. The first kappa shape index (κ1) is 48.3. The maximum absolute atomic E-state index is 13.6. The predicted octanol–water partition coefficient (Wildman–Crippen LogP) is -4.73. The zero-order valence-electron chi connectivity index (χ0n) is 36.2. The maximum Gasteiger partial charge on any atom is 0.246 e. The van der Waals surface area contributed by atoms with Crippen LogP contribution in [0.15, 0.2) is 0 Å². The second-order valence-corrected chi connectivity index (χ2v) is 16.9. The fourth-order valence-corrected chi connectivity index (χ4v) is 8.00. The van der Waals surface area contributed by atoms with Gasteiger partial charge in [-0.25, -0.2) is 0 Å². The first-order chi connectivity index (χ1) is 28.7. The number of nitrogens with one attached hydrogen (secondary N) is 4. The molecule has 3 heterocycles. The van der Waals surface area contributed by atoms with E-state index in [1.165, 1.54) is 47.8 Å². The number of hydrogen-bond donors (Lipinski definition) is 6. The Morgan fingerprint density at radius 2 is 1.02 bits per heavy atom. The highest BCUT2D eigenvalue weighted by Crippen LogP contribution is 2.41. The average molecular weight is 861 g/mol. The number of rotatable bonds is 1. The fraction of sp³-hybridized carbons (Fsp3) is 0.744. The Hall–Kier alpha value is -5.38. The molecule has 4 fully saturated rings. The highest BCUT2D eigenvalue weighted by molar-refractivity contribution is 5.97. The molecule has 22 heteroatoms. The van der Waals surface area contributed by atoms with Gasteiger partial charge in [-0.1, -0.05) is 13.8 Å². The van der Waals surface area contributed by atoms with E-state index in [9.17, 15) is 47.9 Å². The van der Waals surface area contributed by atoms with Crippen LogP contribution in [0.5, 0.6) is 0 Å². The van der Waals surface area contributed by atoms with Gasteiger partial charge in [0.25, 0.3) is 0 Å². The lowest BCUT2D eigenvalue weighted by molar-refractivity contribution is -0.146. The zero-order valence-corrected chi connectivity index (χ0v) is 36.2. The summed E-state index contributed by atoms with van der Waals surface area (Å²) < 4.78 is 0. The van der Waals surface area contributed by atoms with Crippen molar-refractivity contribution in [3.63, 3.8) is 0 Å². The number of likely N-dealkylation sites (N-methyl/N-ethyl adjacent to an activating group) is 4. The van der Waals surface area contributed by atoms with Gasteiger partial charge in [0.2, 0.25) is 59.1 Å². The maximum atomic E-state index is 13.6. The molecule has 1 saturated carbocycles. The van der Waals surface area contributed by atoms with E-state index in [0.29, 0.717) is 51.4 Å². The Balaban J connectivity index is 1.53. The first-order valence-corrected chi connectivity index (χ1v) is 21.0. The van der Waals surface area contributed by atoms with Crippen molar-refractivity contribution in [1.82, 2.24) is 50.7 Å². The molecule has 0 radical (unpaired) electrons. The normalized spacial score (nSPS) is 28.4. The van der Waals surface area contributed by atoms with Crippen molar-refractivity contribution in [3.8, 4) is 0 Å². The second kappa shape index (κ2) is 20.9. The Morgan fingerprint density at radius 1 is 0.574 bits per heavy atom. The van der Waals surface area contributed by atoms with E-state index in [1.54, 1.807) is 13.8 Å². The van der Waals surface area contributed by atoms with Gasteiger partial charge in [0, 0.05) is 54.4 Å². The Kier molecular flexibility index (Phi) is 16.6. The van der Waals surface area contributed by atoms with E-state index in [0.717, 1.165) is 9.80 Å². The van der Waals surface area contributed by atoms with E-state index in [4.69, 9.17) is 11.5 Å². The van der Waals surface area contributed by atoms with Crippen molar-refractivity contribution >= 4 is 59.1 Å². The third-order valence-corrected chi connectivity index (χ3v) is 12.1. The van der Waals surface area contributed by atoms with Crippen molar-refractivity contribution in [2.45, 2.75) is 101 Å². The van der Waals surface area contributed by atoms with E-state index in [-0.39, 0.29) is 26.2 Å². The third-order valence-electron chi connectivity index (χ3n) is 12.1. The highest BCUT2D eigenvalue weighted by atomic mass is 16.2. The van der Waals surface area contributed by atoms with Crippen molar-refractivity contribution in [1.29, 1.82) is 0 Å². The molecule has 22 nitrogen and oxygen atoms in total. The lowest BCUT2D eigenvalue weighted by Crippen LogP contribution is -2.60. The van der Waals surface area contributed by atoms with Crippen molar-refractivity contribution < 1.29 is 47.9 Å². The molecule has 0 unspecified atom stereocenters. The Labute approximate surface area is 356 Å². The summed E-state index contributed by atoms with van der Waals surface area (Å²) in [5, 5.41) is 10.4. The van der Waals surface area contributed by atoms with Crippen LogP contribution in [0.1, 0.15) is 65.2 Å². The minimum Gasteiger partial charge on any atom is -0.352 e. The summed E-state index contributed by atoms with van der Waals surface area (Å²) in [6.07, 6.45) is 3.73. The second-order valence-electron chi connectivity index (χ2n) is 16.9. The van der Waals surface area contributed by atoms with Crippen LogP contribution in [0.3, 0.4) is 0 Å². The van der Waals surface area contributed by atoms with Gasteiger partial charge in [0.1, 0.15) is 35.7 Å². The van der Waals surface area contributed by atoms with E-state index < -0.39 is 127 Å². The molecular formula is C39H64N12O10. The van der Waals surface area contributed by atoms with Gasteiger partial charge in [-0.2, -0.15) is 0 Å². The molecule has 0 aromatic heterocycles. The highest BCUT2D eigenvalue weighted by Gasteiger charge is 2.55. The van der Waals surface area contributed by atoms with E-state index in [2.05, 4.69) is 21.3 Å². The number of carbonyl (C=O) groups is 10. The molecule has 4 rings (SSSR count). The molecule has 3 saturated heterocycles. The summed E-state index contributed by atoms with van der Waals surface area (Å²) in [6, 6.07) is -5.38. The minimum atomic E-state index is -1.25. The molecule has 4 aliphatic rings. The van der Waals surface area contributed by atoms with Crippen LogP contribution in [0, 0.1) is 5.92 Å². The van der Waals surface area contributed by atoms with Crippen LogP contribution >= 0.6 is 0 Å². The molecule has 0 aromatic rings. The minimum absolute atomic E-state index is 0.214. The van der Waals surface area contributed by atoms with Crippen molar-refractivity contribution in [2.24, 2.45) is 17.4 Å². The van der Waals surface area contributed by atoms with Crippen LogP contribution in [0.2, 0.25) is 0 Å². The number of piperidine rings is 2. The van der Waals surface area contributed by atoms with Crippen molar-refractivity contribution in [2.75, 3.05) is 80.5 Å². The molecule has 61 heavy (non-hydrogen) atoms. The van der Waals surface area contributed by atoms with Crippen LogP contribution in [0.4, 0.5) is 0 Å². The molecule has 5 atom stereocenters. The summed E-state index contributed by atoms with van der Waals surface area (Å²) in [5.74, 6) is -6.22. The van der Waals surface area contributed by atoms with Gasteiger partial charge < -0.3 is 62.1 Å². The molecule has 1 spiro atoms. The molecule has 8 N–H and O–H groups in total. The quantitative estimate of drug-likeness (QED) is 0.145. The standard InChI is InChI=1S/C39H64N12O10/c1-23(2)32-35(58)42-17-24(40)36(59)50-15-9-7-11-26(50)33(56)44-20-29(53)47(4)22-31(55)49(6)39(13-14-39)38(61)45-18-25(41)37(60)51-16-10-8-12-27(51)34(57)43-19-28(52)46(3)21-30(54)48(32)5/h23-27,32H,7-22,40-41H2,1-6H3,(H,42,58)(H,43,57)(H,44,56)(H,45,61)/t24-,25-,26+,27+,32+/m1/s1. The average Bonchev–Trinajstić information content (AvgIpc) is 4.06. The number of hydrogen-bond acceptors (Lipinski definition) is 12. The van der Waals surface area contributed by atoms with Crippen LogP contribution in [-0.4, -0.2) is 205 Å². The van der Waals surface area contributed by atoms with Crippen molar-refractivity contribution in [3.05, 3.63) is 0 Å².